The van der Waals surface area contributed by atoms with Gasteiger partial charge in [0.2, 0.25) is 0 Å². The maximum atomic E-state index is 10.7. The molecule has 100 valence electrons. The van der Waals surface area contributed by atoms with Gasteiger partial charge in [-0.05, 0) is 34.9 Å². The summed E-state index contributed by atoms with van der Waals surface area (Å²) in [4.78, 5) is 10.7. The summed E-state index contributed by atoms with van der Waals surface area (Å²) in [7, 11) is 0. The maximum absolute atomic E-state index is 10.7. The zero-order valence-corrected chi connectivity index (χ0v) is 11.1. The minimum atomic E-state index is -0.807. The highest BCUT2D eigenvalue weighted by Crippen LogP contribution is 2.22. The normalized spacial score (nSPS) is 10.6. The Morgan fingerprint density at radius 2 is 1.89 bits per heavy atom. The van der Waals surface area contributed by atoms with Crippen molar-refractivity contribution in [3.05, 3.63) is 42.0 Å². The molecule has 0 unspecified atom stereocenters. The topological polar surface area (TPSA) is 46.5 Å². The summed E-state index contributed by atoms with van der Waals surface area (Å²) in [5, 5.41) is 10.9. The van der Waals surface area contributed by atoms with Crippen molar-refractivity contribution in [2.24, 2.45) is 0 Å². The summed E-state index contributed by atoms with van der Waals surface area (Å²) >= 11 is 0. The third-order valence-corrected chi connectivity index (χ3v) is 3.00. The van der Waals surface area contributed by atoms with Crippen LogP contribution in [-0.2, 0) is 11.2 Å². The smallest absolute Gasteiger partial charge is 0.307 e. The van der Waals surface area contributed by atoms with Crippen molar-refractivity contribution < 1.29 is 14.6 Å². The van der Waals surface area contributed by atoms with Gasteiger partial charge in [-0.25, -0.2) is 0 Å². The van der Waals surface area contributed by atoms with Crippen LogP contribution < -0.4 is 4.74 Å². The Bertz CT molecular complexity index is 575. The van der Waals surface area contributed by atoms with E-state index in [1.165, 1.54) is 0 Å². The van der Waals surface area contributed by atoms with Gasteiger partial charge in [0.15, 0.2) is 0 Å². The Labute approximate surface area is 112 Å². The predicted octanol–water partition coefficient (Wildman–Crippen LogP) is 3.65. The zero-order valence-electron chi connectivity index (χ0n) is 11.1. The quantitative estimate of drug-likeness (QED) is 0.804. The van der Waals surface area contributed by atoms with Crippen LogP contribution in [-0.4, -0.2) is 17.7 Å². The maximum Gasteiger partial charge on any atom is 0.307 e. The Morgan fingerprint density at radius 3 is 2.63 bits per heavy atom. The molecular weight excluding hydrogens is 240 g/mol. The molecule has 0 aliphatic rings. The van der Waals surface area contributed by atoms with Crippen LogP contribution in [0.2, 0.25) is 0 Å². The molecule has 0 radical (unpaired) electrons. The van der Waals surface area contributed by atoms with E-state index in [9.17, 15) is 4.79 Å². The standard InChI is InChI=1S/C16H18O3/c1-2-3-8-19-15-7-6-13-9-12(10-16(17)18)4-5-14(13)11-15/h4-7,9,11H,2-3,8,10H2,1H3,(H,17,18). The van der Waals surface area contributed by atoms with Crippen molar-refractivity contribution in [3.8, 4) is 5.75 Å². The fraction of sp³-hybridized carbons (Fsp3) is 0.312. The molecule has 0 bridgehead atoms. The van der Waals surface area contributed by atoms with E-state index >= 15 is 0 Å². The lowest BCUT2D eigenvalue weighted by Crippen LogP contribution is -1.99. The number of hydrogen-bond donors (Lipinski definition) is 1. The summed E-state index contributed by atoms with van der Waals surface area (Å²) in [5.74, 6) is 0.0609. The van der Waals surface area contributed by atoms with Crippen LogP contribution in [0, 0.1) is 0 Å². The van der Waals surface area contributed by atoms with E-state index in [0.29, 0.717) is 0 Å². The van der Waals surface area contributed by atoms with E-state index in [4.69, 9.17) is 9.84 Å². The first-order valence-corrected chi connectivity index (χ1v) is 6.56. The van der Waals surface area contributed by atoms with Crippen molar-refractivity contribution in [2.45, 2.75) is 26.2 Å². The molecule has 0 saturated carbocycles. The molecule has 19 heavy (non-hydrogen) atoms. The summed E-state index contributed by atoms with van der Waals surface area (Å²) in [6.07, 6.45) is 2.23. The van der Waals surface area contributed by atoms with Crippen LogP contribution in [0.1, 0.15) is 25.3 Å². The van der Waals surface area contributed by atoms with E-state index in [1.807, 2.05) is 36.4 Å². The number of aliphatic carboxylic acids is 1. The van der Waals surface area contributed by atoms with Gasteiger partial charge in [-0.2, -0.15) is 0 Å². The number of rotatable bonds is 6. The van der Waals surface area contributed by atoms with Gasteiger partial charge < -0.3 is 9.84 Å². The van der Waals surface area contributed by atoms with Gasteiger partial charge in [0, 0.05) is 0 Å². The minimum Gasteiger partial charge on any atom is -0.494 e. The fourth-order valence-electron chi connectivity index (χ4n) is 1.98. The first kappa shape index (κ1) is 13.4. The Morgan fingerprint density at radius 1 is 1.16 bits per heavy atom. The van der Waals surface area contributed by atoms with Gasteiger partial charge in [-0.3, -0.25) is 4.79 Å². The van der Waals surface area contributed by atoms with Crippen molar-refractivity contribution in [1.29, 1.82) is 0 Å². The van der Waals surface area contributed by atoms with Crippen LogP contribution in [0.25, 0.3) is 10.8 Å². The number of ether oxygens (including phenoxy) is 1. The second-order valence-electron chi connectivity index (χ2n) is 4.62. The lowest BCUT2D eigenvalue weighted by molar-refractivity contribution is -0.136. The molecular formula is C16H18O3. The molecule has 1 N–H and O–H groups in total. The number of carbonyl (C=O) groups is 1. The molecule has 0 amide bonds. The first-order chi connectivity index (χ1) is 9.19. The molecule has 0 aliphatic carbocycles. The summed E-state index contributed by atoms with van der Waals surface area (Å²) < 4.78 is 5.66. The van der Waals surface area contributed by atoms with Crippen LogP contribution in [0.15, 0.2) is 36.4 Å². The van der Waals surface area contributed by atoms with Gasteiger partial charge in [0.1, 0.15) is 5.75 Å². The molecule has 0 aromatic heterocycles. The molecule has 0 fully saturated rings. The van der Waals surface area contributed by atoms with Gasteiger partial charge in [0.25, 0.3) is 0 Å². The highest BCUT2D eigenvalue weighted by atomic mass is 16.5. The Hall–Kier alpha value is -2.03. The molecule has 2 rings (SSSR count). The van der Waals surface area contributed by atoms with Crippen molar-refractivity contribution >= 4 is 16.7 Å². The molecule has 2 aromatic rings. The number of fused-ring (bicyclic) bond motifs is 1. The molecule has 0 saturated heterocycles. The number of carboxylic acids is 1. The van der Waals surface area contributed by atoms with Crippen LogP contribution >= 0.6 is 0 Å². The molecule has 0 atom stereocenters. The van der Waals surface area contributed by atoms with E-state index in [0.717, 1.165) is 41.5 Å². The second-order valence-corrected chi connectivity index (χ2v) is 4.62. The number of hydrogen-bond acceptors (Lipinski definition) is 2. The number of carboxylic acid groups (broad SMARTS) is 1. The molecule has 2 aromatic carbocycles. The summed E-state index contributed by atoms with van der Waals surface area (Å²) in [6, 6.07) is 11.6. The number of unbranched alkanes of at least 4 members (excludes halogenated alkanes) is 1. The van der Waals surface area contributed by atoms with Crippen LogP contribution in [0.5, 0.6) is 5.75 Å². The van der Waals surface area contributed by atoms with Crippen molar-refractivity contribution in [2.75, 3.05) is 6.61 Å². The van der Waals surface area contributed by atoms with Gasteiger partial charge in [0.05, 0.1) is 13.0 Å². The van der Waals surface area contributed by atoms with E-state index in [1.54, 1.807) is 0 Å². The monoisotopic (exact) mass is 258 g/mol. The third-order valence-electron chi connectivity index (χ3n) is 3.00. The first-order valence-electron chi connectivity index (χ1n) is 6.56. The second kappa shape index (κ2) is 6.23. The highest BCUT2D eigenvalue weighted by molar-refractivity contribution is 5.85. The SMILES string of the molecule is CCCCOc1ccc2cc(CC(=O)O)ccc2c1. The largest absolute Gasteiger partial charge is 0.494 e. The highest BCUT2D eigenvalue weighted by Gasteiger charge is 2.03. The molecule has 3 nitrogen and oxygen atoms in total. The molecule has 0 heterocycles. The van der Waals surface area contributed by atoms with Crippen molar-refractivity contribution in [1.82, 2.24) is 0 Å². The van der Waals surface area contributed by atoms with E-state index < -0.39 is 5.97 Å². The lowest BCUT2D eigenvalue weighted by atomic mass is 10.0. The summed E-state index contributed by atoms with van der Waals surface area (Å²) in [6.45, 7) is 2.87. The zero-order chi connectivity index (χ0) is 13.7. The average Bonchev–Trinajstić information content (AvgIpc) is 2.38. The molecule has 0 aliphatic heterocycles. The predicted molar refractivity (Wildman–Crippen MR) is 75.7 cm³/mol. The van der Waals surface area contributed by atoms with E-state index in [-0.39, 0.29) is 6.42 Å². The Balaban J connectivity index is 2.17. The fourth-order valence-corrected chi connectivity index (χ4v) is 1.98. The minimum absolute atomic E-state index is 0.0602. The third kappa shape index (κ3) is 3.71. The lowest BCUT2D eigenvalue weighted by Gasteiger charge is -2.07. The Kier molecular flexibility index (Phi) is 4.39. The molecule has 3 heteroatoms. The van der Waals surface area contributed by atoms with Gasteiger partial charge in [-0.1, -0.05) is 37.6 Å². The number of benzene rings is 2. The van der Waals surface area contributed by atoms with Gasteiger partial charge in [-0.15, -0.1) is 0 Å². The summed E-state index contributed by atoms with van der Waals surface area (Å²) in [5.41, 5.74) is 0.819. The van der Waals surface area contributed by atoms with Crippen molar-refractivity contribution in [3.63, 3.8) is 0 Å². The van der Waals surface area contributed by atoms with Crippen LogP contribution in [0.4, 0.5) is 0 Å². The van der Waals surface area contributed by atoms with E-state index in [2.05, 4.69) is 6.92 Å². The van der Waals surface area contributed by atoms with Gasteiger partial charge >= 0.3 is 5.97 Å². The molecule has 0 spiro atoms. The van der Waals surface area contributed by atoms with Crippen LogP contribution in [0.3, 0.4) is 0 Å². The average molecular weight is 258 g/mol.